The van der Waals surface area contributed by atoms with Crippen LogP contribution in [-0.4, -0.2) is 18.2 Å². The van der Waals surface area contributed by atoms with Gasteiger partial charge in [-0.15, -0.1) is 0 Å². The van der Waals surface area contributed by atoms with E-state index in [9.17, 15) is 0 Å². The minimum absolute atomic E-state index is 0.157. The van der Waals surface area contributed by atoms with Gasteiger partial charge in [0, 0.05) is 28.9 Å². The van der Waals surface area contributed by atoms with Crippen molar-refractivity contribution in [3.8, 4) is 0 Å². The summed E-state index contributed by atoms with van der Waals surface area (Å²) in [6.07, 6.45) is 2.60. The molecule has 2 aromatic rings. The Morgan fingerprint density at radius 2 is 1.80 bits per heavy atom. The Morgan fingerprint density at radius 1 is 1.12 bits per heavy atom. The molecule has 25 heavy (non-hydrogen) atoms. The summed E-state index contributed by atoms with van der Waals surface area (Å²) in [6, 6.07) is 15.1. The molecule has 3 rings (SSSR count). The van der Waals surface area contributed by atoms with Gasteiger partial charge in [0.05, 0.1) is 6.04 Å². The van der Waals surface area contributed by atoms with Gasteiger partial charge in [-0.1, -0.05) is 28.1 Å². The second-order valence-corrected chi connectivity index (χ2v) is 7.83. The van der Waals surface area contributed by atoms with E-state index in [1.165, 1.54) is 42.7 Å². The molecule has 0 aromatic heterocycles. The Bertz CT molecular complexity index is 739. The number of hydrogen-bond donors (Lipinski definition) is 2. The Balaban J connectivity index is 1.58. The number of benzene rings is 2. The summed E-state index contributed by atoms with van der Waals surface area (Å²) < 4.78 is 1.10. The predicted molar refractivity (Wildman–Crippen MR) is 115 cm³/mol. The van der Waals surface area contributed by atoms with Crippen LogP contribution < -0.4 is 15.5 Å². The maximum atomic E-state index is 5.46. The first-order chi connectivity index (χ1) is 12.0. The van der Waals surface area contributed by atoms with E-state index in [1.54, 1.807) is 0 Å². The number of nitrogens with one attached hydrogen (secondary N) is 2. The van der Waals surface area contributed by atoms with Gasteiger partial charge in [0.25, 0.3) is 0 Å². The lowest BCUT2D eigenvalue weighted by Crippen LogP contribution is -2.31. The van der Waals surface area contributed by atoms with Crippen molar-refractivity contribution in [2.24, 2.45) is 0 Å². The smallest absolute Gasteiger partial charge is 0.171 e. The van der Waals surface area contributed by atoms with Gasteiger partial charge in [0.15, 0.2) is 5.11 Å². The fourth-order valence-corrected chi connectivity index (χ4v) is 3.66. The molecular formula is C20H24BrN3S. The summed E-state index contributed by atoms with van der Waals surface area (Å²) in [5.74, 6) is 0. The molecule has 3 nitrogen and oxygen atoms in total. The van der Waals surface area contributed by atoms with E-state index >= 15 is 0 Å². The van der Waals surface area contributed by atoms with Crippen LogP contribution in [0.1, 0.15) is 36.9 Å². The summed E-state index contributed by atoms with van der Waals surface area (Å²) in [6.45, 7) is 6.55. The molecule has 132 valence electrons. The van der Waals surface area contributed by atoms with Gasteiger partial charge in [-0.2, -0.15) is 0 Å². The van der Waals surface area contributed by atoms with Crippen LogP contribution in [0.2, 0.25) is 0 Å². The van der Waals surface area contributed by atoms with Gasteiger partial charge < -0.3 is 15.5 Å². The maximum absolute atomic E-state index is 5.46. The van der Waals surface area contributed by atoms with Crippen molar-refractivity contribution in [1.29, 1.82) is 0 Å². The van der Waals surface area contributed by atoms with Crippen molar-refractivity contribution in [3.63, 3.8) is 0 Å². The topological polar surface area (TPSA) is 27.3 Å². The number of nitrogens with zero attached hydrogens (tertiary/aromatic N) is 1. The summed E-state index contributed by atoms with van der Waals surface area (Å²) in [5, 5.41) is 7.26. The minimum atomic E-state index is 0.157. The van der Waals surface area contributed by atoms with Gasteiger partial charge in [0.2, 0.25) is 0 Å². The number of thiocarbonyl (C=S) groups is 1. The zero-order valence-corrected chi connectivity index (χ0v) is 17.1. The van der Waals surface area contributed by atoms with E-state index in [0.717, 1.165) is 10.2 Å². The van der Waals surface area contributed by atoms with Crippen molar-refractivity contribution in [1.82, 2.24) is 5.32 Å². The molecule has 1 atom stereocenters. The number of hydrogen-bond acceptors (Lipinski definition) is 2. The van der Waals surface area contributed by atoms with Crippen molar-refractivity contribution >= 4 is 44.6 Å². The third-order valence-electron chi connectivity index (χ3n) is 4.63. The van der Waals surface area contributed by atoms with Gasteiger partial charge in [-0.05, 0) is 80.4 Å². The van der Waals surface area contributed by atoms with Gasteiger partial charge in [-0.3, -0.25) is 0 Å². The average Bonchev–Trinajstić information content (AvgIpc) is 3.13. The summed E-state index contributed by atoms with van der Waals surface area (Å²) in [4.78, 5) is 2.45. The molecule has 5 heteroatoms. The molecular weight excluding hydrogens is 394 g/mol. The van der Waals surface area contributed by atoms with Crippen LogP contribution in [0.3, 0.4) is 0 Å². The van der Waals surface area contributed by atoms with Crippen molar-refractivity contribution in [2.75, 3.05) is 23.3 Å². The van der Waals surface area contributed by atoms with Crippen LogP contribution in [0.25, 0.3) is 0 Å². The molecule has 0 aliphatic carbocycles. The zero-order chi connectivity index (χ0) is 17.8. The summed E-state index contributed by atoms with van der Waals surface area (Å²) >= 11 is 8.98. The second-order valence-electron chi connectivity index (χ2n) is 6.57. The first-order valence-electron chi connectivity index (χ1n) is 8.71. The normalized spacial score (nSPS) is 15.1. The number of aryl methyl sites for hydroxylation is 1. The highest BCUT2D eigenvalue weighted by Crippen LogP contribution is 2.23. The number of halogens is 1. The van der Waals surface area contributed by atoms with Crippen LogP contribution in [0.15, 0.2) is 46.9 Å². The fourth-order valence-electron chi connectivity index (χ4n) is 3.12. The molecule has 0 radical (unpaired) electrons. The summed E-state index contributed by atoms with van der Waals surface area (Å²) in [5.41, 5.74) is 4.73. The first-order valence-corrected chi connectivity index (χ1v) is 9.91. The highest BCUT2D eigenvalue weighted by atomic mass is 79.9. The van der Waals surface area contributed by atoms with Crippen LogP contribution >= 0.6 is 28.1 Å². The van der Waals surface area contributed by atoms with Crippen molar-refractivity contribution in [3.05, 3.63) is 58.1 Å². The average molecular weight is 418 g/mol. The zero-order valence-electron chi connectivity index (χ0n) is 14.7. The molecule has 0 amide bonds. The summed E-state index contributed by atoms with van der Waals surface area (Å²) in [7, 11) is 0. The van der Waals surface area contributed by atoms with Gasteiger partial charge in [-0.25, -0.2) is 0 Å². The van der Waals surface area contributed by atoms with Crippen LogP contribution in [-0.2, 0) is 0 Å². The lowest BCUT2D eigenvalue weighted by Gasteiger charge is -2.20. The van der Waals surface area contributed by atoms with Gasteiger partial charge >= 0.3 is 0 Å². The number of anilines is 2. The van der Waals surface area contributed by atoms with Crippen LogP contribution in [0, 0.1) is 6.92 Å². The Labute approximate surface area is 163 Å². The van der Waals surface area contributed by atoms with E-state index < -0.39 is 0 Å². The molecule has 1 saturated heterocycles. The predicted octanol–water partition coefficient (Wildman–Crippen LogP) is 5.41. The van der Waals surface area contributed by atoms with E-state index in [2.05, 4.69) is 75.6 Å². The van der Waals surface area contributed by atoms with Crippen molar-refractivity contribution < 1.29 is 0 Å². The molecule has 1 fully saturated rings. The van der Waals surface area contributed by atoms with Crippen LogP contribution in [0.5, 0.6) is 0 Å². The molecule has 2 aromatic carbocycles. The lowest BCUT2D eigenvalue weighted by molar-refractivity contribution is 0.722. The molecule has 0 saturated carbocycles. The van der Waals surface area contributed by atoms with Gasteiger partial charge in [0.1, 0.15) is 0 Å². The Morgan fingerprint density at radius 3 is 2.44 bits per heavy atom. The van der Waals surface area contributed by atoms with E-state index in [4.69, 9.17) is 12.2 Å². The Kier molecular flexibility index (Phi) is 5.97. The lowest BCUT2D eigenvalue weighted by atomic mass is 10.1. The monoisotopic (exact) mass is 417 g/mol. The third kappa shape index (κ3) is 4.73. The molecule has 1 unspecified atom stereocenters. The first kappa shape index (κ1) is 18.2. The quantitative estimate of drug-likeness (QED) is 0.650. The molecule has 2 N–H and O–H groups in total. The molecule has 1 heterocycles. The highest BCUT2D eigenvalue weighted by Gasteiger charge is 2.13. The highest BCUT2D eigenvalue weighted by molar-refractivity contribution is 9.10. The minimum Gasteiger partial charge on any atom is -0.372 e. The fraction of sp³-hybridized carbons (Fsp3) is 0.350. The SMILES string of the molecule is Cc1cc(NC(=S)NC(C)c2ccc(N3CCCC3)cc2)ccc1Br. The third-order valence-corrected chi connectivity index (χ3v) is 5.74. The van der Waals surface area contributed by atoms with E-state index in [-0.39, 0.29) is 6.04 Å². The Hall–Kier alpha value is -1.59. The largest absolute Gasteiger partial charge is 0.372 e. The second kappa shape index (κ2) is 8.19. The molecule has 1 aliphatic heterocycles. The van der Waals surface area contributed by atoms with Crippen molar-refractivity contribution in [2.45, 2.75) is 32.7 Å². The standard InChI is InChI=1S/C20H24BrN3S/c1-14-13-17(7-10-19(14)21)23-20(25)22-15(2)16-5-8-18(9-6-16)24-11-3-4-12-24/h5-10,13,15H,3-4,11-12H2,1-2H3,(H2,22,23,25). The molecule has 0 spiro atoms. The molecule has 0 bridgehead atoms. The van der Waals surface area contributed by atoms with E-state index in [0.29, 0.717) is 5.11 Å². The number of rotatable bonds is 4. The molecule has 1 aliphatic rings. The van der Waals surface area contributed by atoms with Crippen LogP contribution in [0.4, 0.5) is 11.4 Å². The van der Waals surface area contributed by atoms with E-state index in [1.807, 2.05) is 12.1 Å². The maximum Gasteiger partial charge on any atom is 0.171 e.